The number of amides is 1. The Bertz CT molecular complexity index is 799. The molecule has 3 heterocycles. The predicted molar refractivity (Wildman–Crippen MR) is 77.1 cm³/mol. The number of nitrogens with zero attached hydrogens (tertiary/aromatic N) is 6. The highest BCUT2D eigenvalue weighted by Crippen LogP contribution is 2.22. The van der Waals surface area contributed by atoms with Crippen LogP contribution in [0.5, 0.6) is 0 Å². The molecule has 1 N–H and O–H groups in total. The van der Waals surface area contributed by atoms with Gasteiger partial charge in [-0.2, -0.15) is 10.2 Å². The number of nitrogens with one attached hydrogen (secondary N) is 1. The molecule has 0 radical (unpaired) electrons. The van der Waals surface area contributed by atoms with Gasteiger partial charge in [0.25, 0.3) is 11.8 Å². The van der Waals surface area contributed by atoms with Gasteiger partial charge in [0.15, 0.2) is 0 Å². The van der Waals surface area contributed by atoms with Crippen LogP contribution in [0.4, 0.5) is 6.01 Å². The first-order valence-electron chi connectivity index (χ1n) is 6.73. The maximum Gasteiger partial charge on any atom is 0.322 e. The van der Waals surface area contributed by atoms with E-state index in [1.807, 2.05) is 13.8 Å². The molecule has 1 amide bonds. The van der Waals surface area contributed by atoms with E-state index in [0.29, 0.717) is 17.3 Å². The lowest BCUT2D eigenvalue weighted by Crippen LogP contribution is -2.16. The van der Waals surface area contributed by atoms with Gasteiger partial charge in [0.1, 0.15) is 11.4 Å². The molecule has 0 atom stereocenters. The van der Waals surface area contributed by atoms with Crippen molar-refractivity contribution in [1.29, 1.82) is 0 Å². The molecule has 9 nitrogen and oxygen atoms in total. The summed E-state index contributed by atoms with van der Waals surface area (Å²) < 4.78 is 8.71. The van der Waals surface area contributed by atoms with E-state index in [-0.39, 0.29) is 18.0 Å². The first-order valence-corrected chi connectivity index (χ1v) is 6.73. The van der Waals surface area contributed by atoms with Crippen molar-refractivity contribution in [3.63, 3.8) is 0 Å². The maximum atomic E-state index is 12.0. The molecule has 0 aliphatic rings. The van der Waals surface area contributed by atoms with Crippen LogP contribution < -0.4 is 5.32 Å². The fourth-order valence-electron chi connectivity index (χ4n) is 2.03. The summed E-state index contributed by atoms with van der Waals surface area (Å²) in [7, 11) is 1.68. The molecule has 0 bridgehead atoms. The molecule has 0 saturated carbocycles. The van der Waals surface area contributed by atoms with Gasteiger partial charge in [-0.25, -0.2) is 0 Å². The van der Waals surface area contributed by atoms with E-state index in [2.05, 4.69) is 25.7 Å². The molecule has 0 aromatic carbocycles. The third kappa shape index (κ3) is 2.48. The summed E-state index contributed by atoms with van der Waals surface area (Å²) in [5.74, 6) is -0.0703. The van der Waals surface area contributed by atoms with Crippen molar-refractivity contribution in [1.82, 2.24) is 29.8 Å². The Kier molecular flexibility index (Phi) is 3.45. The van der Waals surface area contributed by atoms with Gasteiger partial charge in [-0.3, -0.25) is 19.5 Å². The molecule has 3 rings (SSSR count). The average Bonchev–Trinajstić information content (AvgIpc) is 3.16. The molecule has 0 spiro atoms. The standard InChI is InChI=1S/C13H15N7O2/c1-8(2)20-10(5-7-15-20)12-17-18-13(22-12)16-11(21)9-4-6-14-19(9)3/h4-8H,1-3H3,(H,16,18,21). The quantitative estimate of drug-likeness (QED) is 0.783. The van der Waals surface area contributed by atoms with Crippen molar-refractivity contribution < 1.29 is 9.21 Å². The van der Waals surface area contributed by atoms with Crippen molar-refractivity contribution >= 4 is 11.9 Å². The summed E-state index contributed by atoms with van der Waals surface area (Å²) in [4.78, 5) is 12.0. The van der Waals surface area contributed by atoms with E-state index in [1.54, 1.807) is 30.1 Å². The molecule has 22 heavy (non-hydrogen) atoms. The van der Waals surface area contributed by atoms with Crippen LogP contribution >= 0.6 is 0 Å². The van der Waals surface area contributed by atoms with Crippen molar-refractivity contribution in [2.24, 2.45) is 7.05 Å². The lowest BCUT2D eigenvalue weighted by atomic mass is 10.3. The van der Waals surface area contributed by atoms with Gasteiger partial charge in [-0.15, -0.1) is 5.10 Å². The Morgan fingerprint density at radius 1 is 1.23 bits per heavy atom. The summed E-state index contributed by atoms with van der Waals surface area (Å²) in [5, 5.41) is 18.5. The minimum atomic E-state index is -0.368. The molecule has 3 aromatic rings. The van der Waals surface area contributed by atoms with Crippen LogP contribution in [0.1, 0.15) is 30.4 Å². The summed E-state index contributed by atoms with van der Waals surface area (Å²) in [6.45, 7) is 4.00. The molecular formula is C13H15N7O2. The number of aryl methyl sites for hydroxylation is 1. The van der Waals surface area contributed by atoms with E-state index < -0.39 is 0 Å². The summed E-state index contributed by atoms with van der Waals surface area (Å²) in [6.07, 6.45) is 3.20. The maximum absolute atomic E-state index is 12.0. The van der Waals surface area contributed by atoms with Gasteiger partial charge in [-0.05, 0) is 26.0 Å². The highest BCUT2D eigenvalue weighted by molar-refractivity contribution is 6.01. The Morgan fingerprint density at radius 2 is 2.00 bits per heavy atom. The second-order valence-electron chi connectivity index (χ2n) is 4.96. The zero-order valence-corrected chi connectivity index (χ0v) is 12.4. The topological polar surface area (TPSA) is 104 Å². The molecule has 3 aromatic heterocycles. The Hall–Kier alpha value is -2.97. The Labute approximate surface area is 125 Å². The number of rotatable bonds is 4. The Balaban J connectivity index is 1.81. The molecular weight excluding hydrogens is 286 g/mol. The van der Waals surface area contributed by atoms with Crippen LogP contribution in [-0.4, -0.2) is 35.7 Å². The normalized spacial score (nSPS) is 11.1. The van der Waals surface area contributed by atoms with Crippen LogP contribution in [0, 0.1) is 0 Å². The molecule has 0 fully saturated rings. The fraction of sp³-hybridized carbons (Fsp3) is 0.308. The zero-order valence-electron chi connectivity index (χ0n) is 12.4. The van der Waals surface area contributed by atoms with Crippen LogP contribution in [0.2, 0.25) is 0 Å². The average molecular weight is 301 g/mol. The summed E-state index contributed by atoms with van der Waals surface area (Å²) in [5.41, 5.74) is 1.09. The number of aromatic nitrogens is 6. The number of hydrogen-bond donors (Lipinski definition) is 1. The van der Waals surface area contributed by atoms with E-state index in [4.69, 9.17) is 4.42 Å². The van der Waals surface area contributed by atoms with E-state index in [9.17, 15) is 4.79 Å². The van der Waals surface area contributed by atoms with E-state index in [1.165, 1.54) is 10.9 Å². The minimum absolute atomic E-state index is 0.0257. The van der Waals surface area contributed by atoms with Gasteiger partial charge in [0.2, 0.25) is 0 Å². The summed E-state index contributed by atoms with van der Waals surface area (Å²) >= 11 is 0. The molecule has 9 heteroatoms. The highest BCUT2D eigenvalue weighted by atomic mass is 16.4. The fourth-order valence-corrected chi connectivity index (χ4v) is 2.03. The molecule has 0 aliphatic heterocycles. The predicted octanol–water partition coefficient (Wildman–Crippen LogP) is 1.50. The second kappa shape index (κ2) is 5.43. The van der Waals surface area contributed by atoms with Gasteiger partial charge >= 0.3 is 6.01 Å². The smallest absolute Gasteiger partial charge is 0.322 e. The van der Waals surface area contributed by atoms with Crippen LogP contribution in [0.25, 0.3) is 11.6 Å². The number of anilines is 1. The number of carbonyl (C=O) groups is 1. The van der Waals surface area contributed by atoms with Gasteiger partial charge < -0.3 is 4.42 Å². The molecule has 0 saturated heterocycles. The summed E-state index contributed by atoms with van der Waals surface area (Å²) in [6, 6.07) is 3.56. The van der Waals surface area contributed by atoms with Crippen LogP contribution in [0.3, 0.4) is 0 Å². The second-order valence-corrected chi connectivity index (χ2v) is 4.96. The first-order chi connectivity index (χ1) is 10.6. The number of carbonyl (C=O) groups excluding carboxylic acids is 1. The number of hydrogen-bond acceptors (Lipinski definition) is 6. The molecule has 0 aliphatic carbocycles. The SMILES string of the molecule is CC(C)n1nccc1-c1nnc(NC(=O)c2ccnn2C)o1. The van der Waals surface area contributed by atoms with Crippen molar-refractivity contribution in [3.8, 4) is 11.6 Å². The largest absolute Gasteiger partial charge is 0.401 e. The third-order valence-corrected chi connectivity index (χ3v) is 3.08. The van der Waals surface area contributed by atoms with Gasteiger partial charge in [0.05, 0.1) is 0 Å². The molecule has 114 valence electrons. The van der Waals surface area contributed by atoms with Gasteiger partial charge in [-0.1, -0.05) is 5.10 Å². The van der Waals surface area contributed by atoms with Crippen molar-refractivity contribution in [2.45, 2.75) is 19.9 Å². The third-order valence-electron chi connectivity index (χ3n) is 3.08. The van der Waals surface area contributed by atoms with Crippen LogP contribution in [0.15, 0.2) is 28.9 Å². The molecule has 0 unspecified atom stereocenters. The monoisotopic (exact) mass is 301 g/mol. The van der Waals surface area contributed by atoms with E-state index >= 15 is 0 Å². The first kappa shape index (κ1) is 14.0. The zero-order chi connectivity index (χ0) is 15.7. The Morgan fingerprint density at radius 3 is 2.68 bits per heavy atom. The lowest BCUT2D eigenvalue weighted by Gasteiger charge is -2.07. The van der Waals surface area contributed by atoms with Crippen molar-refractivity contribution in [2.75, 3.05) is 5.32 Å². The van der Waals surface area contributed by atoms with Crippen molar-refractivity contribution in [3.05, 3.63) is 30.2 Å². The highest BCUT2D eigenvalue weighted by Gasteiger charge is 2.17. The minimum Gasteiger partial charge on any atom is -0.401 e. The van der Waals surface area contributed by atoms with E-state index in [0.717, 1.165) is 0 Å². The van der Waals surface area contributed by atoms with Gasteiger partial charge in [0, 0.05) is 25.5 Å². The lowest BCUT2D eigenvalue weighted by molar-refractivity contribution is 0.101. The van der Waals surface area contributed by atoms with Crippen LogP contribution in [-0.2, 0) is 7.05 Å².